The molecule has 2 heterocycles. The first-order valence-corrected chi connectivity index (χ1v) is 7.53. The van der Waals surface area contributed by atoms with E-state index in [2.05, 4.69) is 5.32 Å². The number of hydrogen-bond donors (Lipinski definition) is 2. The zero-order valence-electron chi connectivity index (χ0n) is 11.8. The predicted molar refractivity (Wildman–Crippen MR) is 72.8 cm³/mol. The van der Waals surface area contributed by atoms with E-state index >= 15 is 0 Å². The van der Waals surface area contributed by atoms with Crippen molar-refractivity contribution in [2.24, 2.45) is 11.1 Å². The van der Waals surface area contributed by atoms with Crippen LogP contribution in [0.1, 0.15) is 32.1 Å². The van der Waals surface area contributed by atoms with Gasteiger partial charge in [0.25, 0.3) is 0 Å². The number of hydrogen-bond acceptors (Lipinski definition) is 4. The number of amides is 2. The van der Waals surface area contributed by atoms with Crippen molar-refractivity contribution in [3.63, 3.8) is 0 Å². The number of ether oxygens (including phenoxy) is 1. The van der Waals surface area contributed by atoms with Crippen molar-refractivity contribution in [1.82, 2.24) is 10.2 Å². The zero-order valence-corrected chi connectivity index (χ0v) is 11.8. The lowest BCUT2D eigenvalue weighted by molar-refractivity contribution is -0.136. The van der Waals surface area contributed by atoms with Gasteiger partial charge in [0.15, 0.2) is 0 Å². The fourth-order valence-corrected chi connectivity index (χ4v) is 3.19. The molecule has 3 rings (SSSR count). The molecule has 3 fully saturated rings. The SMILES string of the molecule is NCC1(C(=O)NC2CC(=O)N(C3CC3)C2)CCOCC1. The minimum absolute atomic E-state index is 0.00116. The van der Waals surface area contributed by atoms with Gasteiger partial charge in [0.1, 0.15) is 0 Å². The molecule has 20 heavy (non-hydrogen) atoms. The van der Waals surface area contributed by atoms with Crippen LogP contribution in [-0.2, 0) is 14.3 Å². The van der Waals surface area contributed by atoms with Crippen molar-refractivity contribution in [3.8, 4) is 0 Å². The predicted octanol–water partition coefficient (Wildman–Crippen LogP) is -0.379. The summed E-state index contributed by atoms with van der Waals surface area (Å²) in [4.78, 5) is 26.4. The van der Waals surface area contributed by atoms with E-state index in [0.29, 0.717) is 51.6 Å². The lowest BCUT2D eigenvalue weighted by Gasteiger charge is -2.35. The van der Waals surface area contributed by atoms with E-state index in [4.69, 9.17) is 10.5 Å². The summed E-state index contributed by atoms with van der Waals surface area (Å²) in [5, 5.41) is 3.05. The van der Waals surface area contributed by atoms with Gasteiger partial charge in [-0.1, -0.05) is 0 Å². The van der Waals surface area contributed by atoms with Gasteiger partial charge in [-0.25, -0.2) is 0 Å². The summed E-state index contributed by atoms with van der Waals surface area (Å²) < 4.78 is 5.32. The number of rotatable bonds is 4. The van der Waals surface area contributed by atoms with E-state index in [1.54, 1.807) is 0 Å². The molecule has 1 saturated carbocycles. The lowest BCUT2D eigenvalue weighted by Crippen LogP contribution is -2.52. The molecule has 2 amide bonds. The molecule has 0 aromatic rings. The Kier molecular flexibility index (Phi) is 3.69. The monoisotopic (exact) mass is 281 g/mol. The van der Waals surface area contributed by atoms with Crippen LogP contribution in [0.2, 0.25) is 0 Å². The highest BCUT2D eigenvalue weighted by molar-refractivity contribution is 5.86. The van der Waals surface area contributed by atoms with Crippen LogP contribution >= 0.6 is 0 Å². The molecule has 0 aromatic carbocycles. The third kappa shape index (κ3) is 2.54. The number of likely N-dealkylation sites (tertiary alicyclic amines) is 1. The number of carbonyl (C=O) groups is 2. The van der Waals surface area contributed by atoms with Crippen LogP contribution in [0, 0.1) is 5.41 Å². The Balaban J connectivity index is 1.59. The molecular weight excluding hydrogens is 258 g/mol. The van der Waals surface area contributed by atoms with Gasteiger partial charge in [-0.2, -0.15) is 0 Å². The van der Waals surface area contributed by atoms with Gasteiger partial charge in [-0.15, -0.1) is 0 Å². The Bertz CT molecular complexity index is 402. The maximum absolute atomic E-state index is 12.5. The number of nitrogens with two attached hydrogens (primary N) is 1. The molecule has 0 spiro atoms. The van der Waals surface area contributed by atoms with Gasteiger partial charge in [0, 0.05) is 38.8 Å². The number of carbonyl (C=O) groups excluding carboxylic acids is 2. The van der Waals surface area contributed by atoms with Crippen LogP contribution in [0.25, 0.3) is 0 Å². The molecule has 0 bridgehead atoms. The Morgan fingerprint density at radius 3 is 2.70 bits per heavy atom. The molecule has 6 nitrogen and oxygen atoms in total. The maximum Gasteiger partial charge on any atom is 0.227 e. The van der Waals surface area contributed by atoms with Crippen LogP contribution < -0.4 is 11.1 Å². The van der Waals surface area contributed by atoms with Crippen LogP contribution in [0.5, 0.6) is 0 Å². The van der Waals surface area contributed by atoms with Crippen molar-refractivity contribution in [2.75, 3.05) is 26.3 Å². The van der Waals surface area contributed by atoms with Crippen LogP contribution in [0.15, 0.2) is 0 Å². The maximum atomic E-state index is 12.5. The Morgan fingerprint density at radius 1 is 1.40 bits per heavy atom. The summed E-state index contributed by atoms with van der Waals surface area (Å²) in [6, 6.07) is 0.373. The molecule has 3 aliphatic rings. The first-order chi connectivity index (χ1) is 9.64. The van der Waals surface area contributed by atoms with E-state index in [1.165, 1.54) is 0 Å². The molecule has 112 valence electrons. The first kappa shape index (κ1) is 13.8. The van der Waals surface area contributed by atoms with E-state index in [9.17, 15) is 9.59 Å². The van der Waals surface area contributed by atoms with E-state index in [0.717, 1.165) is 12.8 Å². The summed E-state index contributed by atoms with van der Waals surface area (Å²) in [7, 11) is 0. The Labute approximate surface area is 119 Å². The van der Waals surface area contributed by atoms with Crippen molar-refractivity contribution >= 4 is 11.8 Å². The molecule has 0 aromatic heterocycles. The minimum Gasteiger partial charge on any atom is -0.381 e. The Hall–Kier alpha value is -1.14. The molecule has 2 aliphatic heterocycles. The largest absolute Gasteiger partial charge is 0.381 e. The summed E-state index contributed by atoms with van der Waals surface area (Å²) in [6.07, 6.45) is 3.98. The fourth-order valence-electron chi connectivity index (χ4n) is 3.19. The van der Waals surface area contributed by atoms with Gasteiger partial charge in [-0.3, -0.25) is 9.59 Å². The molecule has 1 atom stereocenters. The van der Waals surface area contributed by atoms with Crippen molar-refractivity contribution in [3.05, 3.63) is 0 Å². The second kappa shape index (κ2) is 5.33. The van der Waals surface area contributed by atoms with Crippen molar-refractivity contribution in [1.29, 1.82) is 0 Å². The highest BCUT2D eigenvalue weighted by Crippen LogP contribution is 2.32. The van der Waals surface area contributed by atoms with Crippen LogP contribution in [0.4, 0.5) is 0 Å². The average Bonchev–Trinajstić information content (AvgIpc) is 3.24. The standard InChI is InChI=1S/C14H23N3O3/c15-9-14(3-5-20-6-4-14)13(19)16-10-7-12(18)17(8-10)11-1-2-11/h10-11H,1-9,15H2,(H,16,19). The highest BCUT2D eigenvalue weighted by Gasteiger charge is 2.43. The smallest absolute Gasteiger partial charge is 0.227 e. The van der Waals surface area contributed by atoms with Gasteiger partial charge in [0.2, 0.25) is 11.8 Å². The molecule has 3 N–H and O–H groups in total. The third-order valence-electron chi connectivity index (χ3n) is 4.80. The normalized spacial score (nSPS) is 29.6. The quantitative estimate of drug-likeness (QED) is 0.736. The van der Waals surface area contributed by atoms with E-state index in [1.807, 2.05) is 4.90 Å². The number of nitrogens with zero attached hydrogens (tertiary/aromatic N) is 1. The lowest BCUT2D eigenvalue weighted by atomic mass is 9.79. The van der Waals surface area contributed by atoms with E-state index in [-0.39, 0.29) is 17.9 Å². The van der Waals surface area contributed by atoms with Crippen molar-refractivity contribution in [2.45, 2.75) is 44.2 Å². The van der Waals surface area contributed by atoms with Crippen LogP contribution in [0.3, 0.4) is 0 Å². The second-order valence-electron chi connectivity index (χ2n) is 6.25. The Morgan fingerprint density at radius 2 is 2.10 bits per heavy atom. The molecular formula is C14H23N3O3. The van der Waals surface area contributed by atoms with Gasteiger partial charge >= 0.3 is 0 Å². The zero-order chi connectivity index (χ0) is 14.2. The van der Waals surface area contributed by atoms with E-state index < -0.39 is 5.41 Å². The molecule has 0 radical (unpaired) electrons. The molecule has 6 heteroatoms. The van der Waals surface area contributed by atoms with Gasteiger partial charge in [-0.05, 0) is 25.7 Å². The van der Waals surface area contributed by atoms with Gasteiger partial charge < -0.3 is 20.7 Å². The molecule has 1 aliphatic carbocycles. The second-order valence-corrected chi connectivity index (χ2v) is 6.25. The molecule has 2 saturated heterocycles. The summed E-state index contributed by atoms with van der Waals surface area (Å²) in [5.41, 5.74) is 5.33. The fraction of sp³-hybridized carbons (Fsp3) is 0.857. The minimum atomic E-state index is -0.506. The number of nitrogens with one attached hydrogen (secondary N) is 1. The third-order valence-corrected chi connectivity index (χ3v) is 4.80. The van der Waals surface area contributed by atoms with Crippen molar-refractivity contribution < 1.29 is 14.3 Å². The molecule has 1 unspecified atom stereocenters. The summed E-state index contributed by atoms with van der Waals surface area (Å²) in [5.74, 6) is 0.172. The van der Waals surface area contributed by atoms with Crippen LogP contribution in [-0.4, -0.2) is 55.1 Å². The highest BCUT2D eigenvalue weighted by atomic mass is 16.5. The first-order valence-electron chi connectivity index (χ1n) is 7.53. The summed E-state index contributed by atoms with van der Waals surface area (Å²) in [6.45, 7) is 2.17. The van der Waals surface area contributed by atoms with Gasteiger partial charge in [0.05, 0.1) is 11.5 Å². The average molecular weight is 281 g/mol. The topological polar surface area (TPSA) is 84.7 Å². The summed E-state index contributed by atoms with van der Waals surface area (Å²) >= 11 is 0.